The van der Waals surface area contributed by atoms with Gasteiger partial charge in [-0.2, -0.15) is 13.2 Å². The summed E-state index contributed by atoms with van der Waals surface area (Å²) in [4.78, 5) is 15.1. The number of aryl methyl sites for hydroxylation is 1. The summed E-state index contributed by atoms with van der Waals surface area (Å²) in [5.74, 6) is -1.68. The second kappa shape index (κ2) is 9.98. The lowest BCUT2D eigenvalue weighted by Gasteiger charge is -2.44. The van der Waals surface area contributed by atoms with Crippen molar-refractivity contribution in [1.82, 2.24) is 4.90 Å². The van der Waals surface area contributed by atoms with Gasteiger partial charge in [0.25, 0.3) is 0 Å². The van der Waals surface area contributed by atoms with Crippen molar-refractivity contribution >= 4 is 15.7 Å². The third kappa shape index (κ3) is 4.91. The Morgan fingerprint density at radius 2 is 1.68 bits per heavy atom. The molecule has 3 atom stereocenters. The number of rotatable bonds is 6. The van der Waals surface area contributed by atoms with Crippen LogP contribution < -0.4 is 0 Å². The minimum absolute atomic E-state index is 0.0422. The molecule has 212 valence electrons. The number of carbonyl (C=O) groups is 1. The van der Waals surface area contributed by atoms with Crippen molar-refractivity contribution in [3.05, 3.63) is 101 Å². The van der Waals surface area contributed by atoms with Crippen LogP contribution in [-0.2, 0) is 38.6 Å². The first-order valence-corrected chi connectivity index (χ1v) is 14.6. The van der Waals surface area contributed by atoms with Gasteiger partial charge in [0, 0.05) is 18.0 Å². The SMILES string of the molecule is CC(F)(c1ccc2c(c1)CC[C@H]1N(C(=O)CS(=O)(=O)c3ccccc3)CC[C@@]21Cc1ccc(F)cc1)C(F)(F)F. The van der Waals surface area contributed by atoms with Gasteiger partial charge in [-0.05, 0) is 79.1 Å². The smallest absolute Gasteiger partial charge is 0.338 e. The van der Waals surface area contributed by atoms with Crippen LogP contribution in [0.5, 0.6) is 0 Å². The monoisotopic (exact) mass is 577 g/mol. The zero-order valence-electron chi connectivity index (χ0n) is 21.7. The molecule has 1 aliphatic heterocycles. The lowest BCUT2D eigenvalue weighted by molar-refractivity contribution is -0.228. The van der Waals surface area contributed by atoms with Gasteiger partial charge in [-0.15, -0.1) is 0 Å². The standard InChI is InChI=1S/C30H28F5NO3S/c1-28(32,30(33,34)35)22-10-13-25-21(17-22)9-14-26-29(25,18-20-7-11-23(31)12-8-20)15-16-36(26)27(37)19-40(38,39)24-5-3-2-4-6-24/h2-8,10-13,17,26H,9,14-16,18-19H2,1H3/t26-,28?,29-/m1/s1. The summed E-state index contributed by atoms with van der Waals surface area (Å²) in [7, 11) is -3.90. The lowest BCUT2D eigenvalue weighted by atomic mass is 9.63. The molecule has 10 heteroatoms. The van der Waals surface area contributed by atoms with Gasteiger partial charge in [-0.1, -0.05) is 48.5 Å². The molecule has 0 spiro atoms. The van der Waals surface area contributed by atoms with E-state index in [9.17, 15) is 35.2 Å². The molecule has 40 heavy (non-hydrogen) atoms. The van der Waals surface area contributed by atoms with Crippen molar-refractivity contribution in [2.45, 2.75) is 60.8 Å². The van der Waals surface area contributed by atoms with Gasteiger partial charge < -0.3 is 4.90 Å². The molecule has 1 saturated heterocycles. The van der Waals surface area contributed by atoms with E-state index < -0.39 is 56.2 Å². The first-order chi connectivity index (χ1) is 18.7. The number of likely N-dealkylation sites (tertiary alicyclic amines) is 1. The minimum Gasteiger partial charge on any atom is -0.338 e. The van der Waals surface area contributed by atoms with Crippen molar-refractivity contribution in [2.75, 3.05) is 12.3 Å². The molecule has 1 aliphatic carbocycles. The Balaban J connectivity index is 1.53. The quantitative estimate of drug-likeness (QED) is 0.334. The van der Waals surface area contributed by atoms with Gasteiger partial charge in [-0.25, -0.2) is 17.2 Å². The average Bonchev–Trinajstić information content (AvgIpc) is 3.29. The average molecular weight is 578 g/mol. The highest BCUT2D eigenvalue weighted by atomic mass is 32.2. The van der Waals surface area contributed by atoms with Crippen LogP contribution in [0, 0.1) is 5.82 Å². The molecule has 1 amide bonds. The summed E-state index contributed by atoms with van der Waals surface area (Å²) in [5, 5.41) is 0. The van der Waals surface area contributed by atoms with Crippen LogP contribution in [0.4, 0.5) is 22.0 Å². The van der Waals surface area contributed by atoms with Crippen molar-refractivity contribution in [3.63, 3.8) is 0 Å². The van der Waals surface area contributed by atoms with Gasteiger partial charge in [0.1, 0.15) is 11.6 Å². The number of nitrogens with zero attached hydrogens (tertiary/aromatic N) is 1. The first kappa shape index (κ1) is 28.3. The fraction of sp³-hybridized carbons (Fsp3) is 0.367. The third-order valence-corrected chi connectivity index (χ3v) is 10.0. The fourth-order valence-electron chi connectivity index (χ4n) is 6.24. The molecule has 1 fully saturated rings. The van der Waals surface area contributed by atoms with Crippen LogP contribution >= 0.6 is 0 Å². The van der Waals surface area contributed by atoms with Crippen LogP contribution in [0.2, 0.25) is 0 Å². The fourth-order valence-corrected chi connectivity index (χ4v) is 7.47. The highest BCUT2D eigenvalue weighted by Gasteiger charge is 2.55. The summed E-state index contributed by atoms with van der Waals surface area (Å²) in [6.45, 7) is 0.747. The molecule has 0 saturated carbocycles. The van der Waals surface area contributed by atoms with Crippen LogP contribution in [0.3, 0.4) is 0 Å². The molecule has 1 heterocycles. The summed E-state index contributed by atoms with van der Waals surface area (Å²) in [6, 6.07) is 17.0. The lowest BCUT2D eigenvalue weighted by Crippen LogP contribution is -2.50. The van der Waals surface area contributed by atoms with Crippen LogP contribution in [0.15, 0.2) is 77.7 Å². The molecule has 0 N–H and O–H groups in total. The molecule has 2 aliphatic rings. The number of carbonyl (C=O) groups excluding carboxylic acids is 1. The van der Waals surface area contributed by atoms with E-state index in [2.05, 4.69) is 0 Å². The molecular weight excluding hydrogens is 549 g/mol. The Kier molecular flexibility index (Phi) is 7.05. The molecule has 4 nitrogen and oxygen atoms in total. The van der Waals surface area contributed by atoms with Crippen molar-refractivity contribution in [2.24, 2.45) is 0 Å². The maximum atomic E-state index is 14.8. The molecule has 3 aromatic rings. The van der Waals surface area contributed by atoms with Crippen molar-refractivity contribution < 1.29 is 35.2 Å². The van der Waals surface area contributed by atoms with E-state index in [1.165, 1.54) is 36.4 Å². The summed E-state index contributed by atoms with van der Waals surface area (Å²) in [6.07, 6.45) is -3.66. The molecule has 0 bridgehead atoms. The Bertz CT molecular complexity index is 1520. The Labute approximate surface area is 229 Å². The van der Waals surface area contributed by atoms with Gasteiger partial charge >= 0.3 is 6.18 Å². The highest BCUT2D eigenvalue weighted by Crippen LogP contribution is 2.51. The number of fused-ring (bicyclic) bond motifs is 3. The second-order valence-electron chi connectivity index (χ2n) is 10.8. The van der Waals surface area contributed by atoms with Gasteiger partial charge in [0.05, 0.1) is 4.90 Å². The van der Waals surface area contributed by atoms with Crippen LogP contribution in [-0.4, -0.2) is 43.7 Å². The second-order valence-corrected chi connectivity index (χ2v) is 12.8. The number of alkyl halides is 4. The molecular formula is C30H28F5NO3S. The van der Waals surface area contributed by atoms with E-state index in [4.69, 9.17) is 0 Å². The summed E-state index contributed by atoms with van der Waals surface area (Å²) in [5.41, 5.74) is -2.76. The number of amides is 1. The summed E-state index contributed by atoms with van der Waals surface area (Å²) < 4.78 is 94.8. The highest BCUT2D eigenvalue weighted by molar-refractivity contribution is 7.92. The Morgan fingerprint density at radius 3 is 2.33 bits per heavy atom. The van der Waals surface area contributed by atoms with Gasteiger partial charge in [0.15, 0.2) is 9.84 Å². The first-order valence-electron chi connectivity index (χ1n) is 13.0. The normalized spacial score (nSPS) is 22.4. The minimum atomic E-state index is -5.09. The molecule has 3 aromatic carbocycles. The Morgan fingerprint density at radius 1 is 1.00 bits per heavy atom. The maximum Gasteiger partial charge on any atom is 0.426 e. The van der Waals surface area contributed by atoms with E-state index in [-0.39, 0.29) is 11.4 Å². The van der Waals surface area contributed by atoms with E-state index >= 15 is 0 Å². The Hall–Kier alpha value is -3.27. The topological polar surface area (TPSA) is 54.5 Å². The maximum absolute atomic E-state index is 14.8. The number of hydrogen-bond donors (Lipinski definition) is 0. The molecule has 5 rings (SSSR count). The van der Waals surface area contributed by atoms with E-state index in [1.54, 1.807) is 35.2 Å². The van der Waals surface area contributed by atoms with E-state index in [0.717, 1.165) is 11.6 Å². The van der Waals surface area contributed by atoms with Crippen LogP contribution in [0.25, 0.3) is 0 Å². The summed E-state index contributed by atoms with van der Waals surface area (Å²) >= 11 is 0. The number of sulfone groups is 1. The zero-order valence-corrected chi connectivity index (χ0v) is 22.5. The van der Waals surface area contributed by atoms with E-state index in [0.29, 0.717) is 43.7 Å². The van der Waals surface area contributed by atoms with Gasteiger partial charge in [-0.3, -0.25) is 4.79 Å². The van der Waals surface area contributed by atoms with Crippen molar-refractivity contribution in [3.8, 4) is 0 Å². The number of benzene rings is 3. The predicted octanol–water partition coefficient (Wildman–Crippen LogP) is 6.07. The molecule has 0 radical (unpaired) electrons. The van der Waals surface area contributed by atoms with Crippen molar-refractivity contribution in [1.29, 1.82) is 0 Å². The van der Waals surface area contributed by atoms with Crippen LogP contribution in [0.1, 0.15) is 42.0 Å². The number of hydrogen-bond acceptors (Lipinski definition) is 3. The largest absolute Gasteiger partial charge is 0.426 e. The molecule has 1 unspecified atom stereocenters. The molecule has 0 aromatic heterocycles. The zero-order chi connectivity index (χ0) is 28.9. The van der Waals surface area contributed by atoms with E-state index in [1.807, 2.05) is 0 Å². The predicted molar refractivity (Wildman–Crippen MR) is 140 cm³/mol. The number of halogens is 5. The third-order valence-electron chi connectivity index (χ3n) is 8.39. The van der Waals surface area contributed by atoms with Gasteiger partial charge in [0.2, 0.25) is 11.6 Å².